The second kappa shape index (κ2) is 8.31. The molecule has 1 heterocycles. The summed E-state index contributed by atoms with van der Waals surface area (Å²) >= 11 is 0. The molecule has 28 heavy (non-hydrogen) atoms. The molecule has 0 fully saturated rings. The van der Waals surface area contributed by atoms with Crippen LogP contribution in [-0.4, -0.2) is 9.67 Å². The molecule has 6 heteroatoms. The standard InChI is InChI=1S/C22H20N4O2/c1-15-8-10-18(11-9-15)24-25-20-16(2)19(14-23)21(27)26(22(20)28)13-12-17-6-4-3-5-7-17/h3-11,27H,12-13H2,1-2H3. The van der Waals surface area contributed by atoms with Crippen LogP contribution in [-0.2, 0) is 13.0 Å². The van der Waals surface area contributed by atoms with Crippen molar-refractivity contribution >= 4 is 11.4 Å². The normalized spacial score (nSPS) is 10.9. The van der Waals surface area contributed by atoms with E-state index < -0.39 is 5.56 Å². The summed E-state index contributed by atoms with van der Waals surface area (Å²) in [5.41, 5.74) is 2.66. The molecule has 1 aromatic heterocycles. The topological polar surface area (TPSA) is 90.7 Å². The van der Waals surface area contributed by atoms with Crippen molar-refractivity contribution in [1.82, 2.24) is 4.57 Å². The maximum atomic E-state index is 12.9. The van der Waals surface area contributed by atoms with Crippen molar-refractivity contribution in [2.75, 3.05) is 0 Å². The summed E-state index contributed by atoms with van der Waals surface area (Å²) in [6, 6.07) is 19.0. The summed E-state index contributed by atoms with van der Waals surface area (Å²) in [6.45, 7) is 3.79. The largest absolute Gasteiger partial charge is 0.493 e. The van der Waals surface area contributed by atoms with Gasteiger partial charge in [0.25, 0.3) is 5.56 Å². The molecule has 0 unspecified atom stereocenters. The van der Waals surface area contributed by atoms with Crippen LogP contribution in [0.2, 0.25) is 0 Å². The van der Waals surface area contributed by atoms with Crippen LogP contribution >= 0.6 is 0 Å². The van der Waals surface area contributed by atoms with Gasteiger partial charge in [-0.1, -0.05) is 48.0 Å². The predicted octanol–water partition coefficient (Wildman–Crippen LogP) is 4.70. The summed E-state index contributed by atoms with van der Waals surface area (Å²) in [6.07, 6.45) is 0.538. The van der Waals surface area contributed by atoms with E-state index in [0.29, 0.717) is 17.7 Å². The number of nitriles is 1. The highest BCUT2D eigenvalue weighted by atomic mass is 16.3. The fourth-order valence-electron chi connectivity index (χ4n) is 2.87. The quantitative estimate of drug-likeness (QED) is 0.658. The van der Waals surface area contributed by atoms with Crippen LogP contribution in [0.3, 0.4) is 0 Å². The van der Waals surface area contributed by atoms with Crippen LogP contribution in [0.4, 0.5) is 11.4 Å². The number of hydrogen-bond donors (Lipinski definition) is 1. The van der Waals surface area contributed by atoms with Gasteiger partial charge < -0.3 is 5.11 Å². The first-order valence-corrected chi connectivity index (χ1v) is 8.90. The van der Waals surface area contributed by atoms with E-state index >= 15 is 0 Å². The summed E-state index contributed by atoms with van der Waals surface area (Å²) in [7, 11) is 0. The van der Waals surface area contributed by atoms with Crippen molar-refractivity contribution in [3.8, 4) is 11.9 Å². The molecule has 0 amide bonds. The Morgan fingerprint density at radius 3 is 2.36 bits per heavy atom. The maximum Gasteiger partial charge on any atom is 0.281 e. The highest BCUT2D eigenvalue weighted by Crippen LogP contribution is 2.27. The summed E-state index contributed by atoms with van der Waals surface area (Å²) < 4.78 is 1.18. The van der Waals surface area contributed by atoms with Gasteiger partial charge in [0.15, 0.2) is 5.69 Å². The van der Waals surface area contributed by atoms with Gasteiger partial charge in [-0.2, -0.15) is 10.4 Å². The van der Waals surface area contributed by atoms with Gasteiger partial charge in [0.05, 0.1) is 5.69 Å². The molecule has 6 nitrogen and oxygen atoms in total. The molecule has 0 aliphatic carbocycles. The minimum absolute atomic E-state index is 0.0329. The lowest BCUT2D eigenvalue weighted by Gasteiger charge is -2.13. The molecule has 2 aromatic carbocycles. The Kier molecular flexibility index (Phi) is 5.66. The number of aromatic nitrogens is 1. The summed E-state index contributed by atoms with van der Waals surface area (Å²) in [4.78, 5) is 12.9. The molecule has 0 aliphatic rings. The van der Waals surface area contributed by atoms with Gasteiger partial charge in [-0.05, 0) is 38.0 Å². The molecule has 0 saturated heterocycles. The number of hydrogen-bond acceptors (Lipinski definition) is 5. The molecule has 3 aromatic rings. The molecule has 0 radical (unpaired) electrons. The van der Waals surface area contributed by atoms with Gasteiger partial charge in [-0.3, -0.25) is 9.36 Å². The van der Waals surface area contributed by atoms with E-state index in [9.17, 15) is 15.2 Å². The predicted molar refractivity (Wildman–Crippen MR) is 107 cm³/mol. The van der Waals surface area contributed by atoms with E-state index in [-0.39, 0.29) is 23.7 Å². The van der Waals surface area contributed by atoms with E-state index in [1.165, 1.54) is 4.57 Å². The van der Waals surface area contributed by atoms with Crippen LogP contribution in [0.25, 0.3) is 0 Å². The molecule has 0 atom stereocenters. The Labute approximate surface area is 163 Å². The van der Waals surface area contributed by atoms with E-state index in [2.05, 4.69) is 10.2 Å². The van der Waals surface area contributed by atoms with E-state index in [1.54, 1.807) is 19.1 Å². The van der Waals surface area contributed by atoms with Crippen LogP contribution < -0.4 is 5.56 Å². The van der Waals surface area contributed by atoms with E-state index in [4.69, 9.17) is 0 Å². The number of pyridine rings is 1. The fourth-order valence-corrected chi connectivity index (χ4v) is 2.87. The van der Waals surface area contributed by atoms with Gasteiger partial charge in [0.2, 0.25) is 5.88 Å². The first-order valence-electron chi connectivity index (χ1n) is 8.90. The molecule has 0 bridgehead atoms. The SMILES string of the molecule is Cc1ccc(N=Nc2c(C)c(C#N)c(O)n(CCc3ccccc3)c2=O)cc1. The Hall–Kier alpha value is -3.72. The van der Waals surface area contributed by atoms with Crippen LogP contribution in [0.15, 0.2) is 69.6 Å². The number of nitrogens with zero attached hydrogens (tertiary/aromatic N) is 4. The molecule has 0 saturated carbocycles. The average molecular weight is 372 g/mol. The van der Waals surface area contributed by atoms with Crippen molar-refractivity contribution in [1.29, 1.82) is 5.26 Å². The first kappa shape index (κ1) is 19.1. The fraction of sp³-hybridized carbons (Fsp3) is 0.182. The number of rotatable bonds is 5. The van der Waals surface area contributed by atoms with E-state index in [0.717, 1.165) is 11.1 Å². The zero-order valence-electron chi connectivity index (χ0n) is 15.8. The highest BCUT2D eigenvalue weighted by Gasteiger charge is 2.19. The number of azo groups is 1. The first-order chi connectivity index (χ1) is 13.5. The minimum Gasteiger partial charge on any atom is -0.493 e. The van der Waals surface area contributed by atoms with Crippen LogP contribution in [0.1, 0.15) is 22.3 Å². The monoisotopic (exact) mass is 372 g/mol. The molecule has 0 spiro atoms. The third-order valence-electron chi connectivity index (χ3n) is 4.54. The zero-order chi connectivity index (χ0) is 20.1. The lowest BCUT2D eigenvalue weighted by Crippen LogP contribution is -2.22. The minimum atomic E-state index is -0.471. The number of aromatic hydroxyl groups is 1. The molecule has 3 rings (SSSR count). The highest BCUT2D eigenvalue weighted by molar-refractivity contribution is 5.56. The molecular weight excluding hydrogens is 352 g/mol. The summed E-state index contributed by atoms with van der Waals surface area (Å²) in [5.74, 6) is -0.338. The van der Waals surface area contributed by atoms with Crippen LogP contribution in [0.5, 0.6) is 5.88 Å². The lowest BCUT2D eigenvalue weighted by molar-refractivity contribution is 0.404. The third-order valence-corrected chi connectivity index (χ3v) is 4.54. The van der Waals surface area contributed by atoms with Gasteiger partial charge in [-0.25, -0.2) is 0 Å². The molecule has 0 aliphatic heterocycles. The maximum absolute atomic E-state index is 12.9. The van der Waals surface area contributed by atoms with Crippen molar-refractivity contribution in [3.63, 3.8) is 0 Å². The van der Waals surface area contributed by atoms with Crippen molar-refractivity contribution < 1.29 is 5.11 Å². The number of benzene rings is 2. The van der Waals surface area contributed by atoms with Gasteiger partial charge >= 0.3 is 0 Å². The van der Waals surface area contributed by atoms with Crippen LogP contribution in [0, 0.1) is 25.2 Å². The van der Waals surface area contributed by atoms with Crippen molar-refractivity contribution in [2.24, 2.45) is 10.2 Å². The van der Waals surface area contributed by atoms with Gasteiger partial charge in [0, 0.05) is 12.1 Å². The Balaban J connectivity index is 2.01. The Bertz CT molecular complexity index is 1110. The van der Waals surface area contributed by atoms with Gasteiger partial charge in [0.1, 0.15) is 11.6 Å². The summed E-state index contributed by atoms with van der Waals surface area (Å²) in [5, 5.41) is 28.1. The van der Waals surface area contributed by atoms with Crippen molar-refractivity contribution in [3.05, 3.63) is 87.2 Å². The smallest absolute Gasteiger partial charge is 0.281 e. The lowest BCUT2D eigenvalue weighted by atomic mass is 10.1. The van der Waals surface area contributed by atoms with Crippen molar-refractivity contribution in [2.45, 2.75) is 26.8 Å². The Morgan fingerprint density at radius 2 is 1.71 bits per heavy atom. The molecular formula is C22H20N4O2. The average Bonchev–Trinajstić information content (AvgIpc) is 2.70. The van der Waals surface area contributed by atoms with E-state index in [1.807, 2.05) is 55.5 Å². The number of aryl methyl sites for hydroxylation is 2. The van der Waals surface area contributed by atoms with Gasteiger partial charge in [-0.15, -0.1) is 5.11 Å². The molecule has 1 N–H and O–H groups in total. The second-order valence-electron chi connectivity index (χ2n) is 6.51. The third kappa shape index (κ3) is 3.99. The zero-order valence-corrected chi connectivity index (χ0v) is 15.8. The molecule has 140 valence electrons. The Morgan fingerprint density at radius 1 is 1.04 bits per heavy atom. The second-order valence-corrected chi connectivity index (χ2v) is 6.51.